The summed E-state index contributed by atoms with van der Waals surface area (Å²) >= 11 is 6.09. The SMILES string of the molecule is C=C/C=C(\C(=C)Cl)C(=O)N(c1ccccn1)C1CCN(S(=O)(=O)c2ccc(CC)cc2)CC1. The lowest BCUT2D eigenvalue weighted by Crippen LogP contribution is -2.49. The lowest BCUT2D eigenvalue weighted by Gasteiger charge is -2.37. The van der Waals surface area contributed by atoms with Gasteiger partial charge in [0.15, 0.2) is 0 Å². The molecule has 0 radical (unpaired) electrons. The lowest BCUT2D eigenvalue weighted by atomic mass is 10.0. The lowest BCUT2D eigenvalue weighted by molar-refractivity contribution is -0.115. The third kappa shape index (κ3) is 5.61. The second-order valence-electron chi connectivity index (χ2n) is 7.72. The highest BCUT2D eigenvalue weighted by Crippen LogP contribution is 2.29. The number of anilines is 1. The summed E-state index contributed by atoms with van der Waals surface area (Å²) in [6.07, 6.45) is 6.39. The topological polar surface area (TPSA) is 70.6 Å². The average Bonchev–Trinajstić information content (AvgIpc) is 2.83. The number of carbonyl (C=O) groups excluding carboxylic acids is 1. The first kappa shape index (κ1) is 24.9. The maximum absolute atomic E-state index is 13.4. The van der Waals surface area contributed by atoms with E-state index in [0.717, 1.165) is 12.0 Å². The minimum Gasteiger partial charge on any atom is -0.289 e. The molecule has 1 aliphatic heterocycles. The number of aromatic nitrogens is 1. The number of sulfonamides is 1. The fourth-order valence-electron chi connectivity index (χ4n) is 3.87. The van der Waals surface area contributed by atoms with Gasteiger partial charge in [-0.1, -0.05) is 56.0 Å². The Bertz CT molecular complexity index is 1140. The summed E-state index contributed by atoms with van der Waals surface area (Å²) in [6.45, 7) is 9.96. The van der Waals surface area contributed by atoms with Crippen molar-refractivity contribution in [3.05, 3.63) is 90.1 Å². The number of pyridine rings is 1. The number of allylic oxidation sites excluding steroid dienone is 2. The molecule has 174 valence electrons. The predicted octanol–water partition coefficient (Wildman–Crippen LogP) is 4.70. The molecule has 1 aromatic carbocycles. The van der Waals surface area contributed by atoms with Gasteiger partial charge in [-0.15, -0.1) is 0 Å². The van der Waals surface area contributed by atoms with Crippen LogP contribution in [0.25, 0.3) is 0 Å². The quantitative estimate of drug-likeness (QED) is 0.401. The average molecular weight is 486 g/mol. The fraction of sp³-hybridized carbons (Fsp3) is 0.280. The summed E-state index contributed by atoms with van der Waals surface area (Å²) in [4.78, 5) is 19.7. The number of amides is 1. The van der Waals surface area contributed by atoms with E-state index in [2.05, 4.69) is 18.1 Å². The van der Waals surface area contributed by atoms with Crippen molar-refractivity contribution in [1.29, 1.82) is 0 Å². The normalized spacial score (nSPS) is 15.8. The first-order chi connectivity index (χ1) is 15.8. The molecule has 2 heterocycles. The number of benzene rings is 1. The van der Waals surface area contributed by atoms with E-state index in [1.165, 1.54) is 16.5 Å². The van der Waals surface area contributed by atoms with E-state index in [9.17, 15) is 13.2 Å². The molecule has 1 aliphatic rings. The van der Waals surface area contributed by atoms with Crippen molar-refractivity contribution in [2.45, 2.75) is 37.1 Å². The Morgan fingerprint density at radius 1 is 1.21 bits per heavy atom. The Balaban J connectivity index is 1.84. The summed E-state index contributed by atoms with van der Waals surface area (Å²) in [6, 6.07) is 12.1. The predicted molar refractivity (Wildman–Crippen MR) is 133 cm³/mol. The molecule has 2 aromatic rings. The van der Waals surface area contributed by atoms with Crippen molar-refractivity contribution in [1.82, 2.24) is 9.29 Å². The summed E-state index contributed by atoms with van der Waals surface area (Å²) in [5.41, 5.74) is 1.31. The minimum absolute atomic E-state index is 0.108. The highest BCUT2D eigenvalue weighted by molar-refractivity contribution is 7.89. The van der Waals surface area contributed by atoms with Gasteiger partial charge in [-0.05, 0) is 55.2 Å². The first-order valence-electron chi connectivity index (χ1n) is 10.8. The molecule has 1 aromatic heterocycles. The van der Waals surface area contributed by atoms with E-state index in [1.807, 2.05) is 19.1 Å². The van der Waals surface area contributed by atoms with Gasteiger partial charge >= 0.3 is 0 Å². The summed E-state index contributed by atoms with van der Waals surface area (Å²) in [5, 5.41) is 0.108. The summed E-state index contributed by atoms with van der Waals surface area (Å²) in [5.74, 6) is 0.136. The maximum Gasteiger partial charge on any atom is 0.261 e. The number of nitrogens with zero attached hydrogens (tertiary/aromatic N) is 3. The molecule has 3 rings (SSSR count). The molecule has 0 spiro atoms. The Labute approximate surface area is 200 Å². The zero-order valence-electron chi connectivity index (χ0n) is 18.7. The summed E-state index contributed by atoms with van der Waals surface area (Å²) in [7, 11) is -3.61. The third-order valence-corrected chi connectivity index (χ3v) is 7.80. The molecule has 33 heavy (non-hydrogen) atoms. The molecular weight excluding hydrogens is 458 g/mol. The van der Waals surface area contributed by atoms with Gasteiger partial charge in [0.2, 0.25) is 10.0 Å². The van der Waals surface area contributed by atoms with Crippen LogP contribution in [0.3, 0.4) is 0 Å². The van der Waals surface area contributed by atoms with Gasteiger partial charge in [0.1, 0.15) is 5.82 Å². The van der Waals surface area contributed by atoms with Crippen LogP contribution in [0.4, 0.5) is 5.82 Å². The molecular formula is C25H28ClN3O3S. The second kappa shape index (κ2) is 10.9. The molecule has 0 bridgehead atoms. The van der Waals surface area contributed by atoms with Crippen LogP contribution in [0.5, 0.6) is 0 Å². The van der Waals surface area contributed by atoms with Crippen LogP contribution < -0.4 is 4.90 Å². The number of halogens is 1. The van der Waals surface area contributed by atoms with Crippen LogP contribution in [-0.4, -0.2) is 42.7 Å². The van der Waals surface area contributed by atoms with Gasteiger partial charge in [0.25, 0.3) is 5.91 Å². The fourth-order valence-corrected chi connectivity index (χ4v) is 5.48. The van der Waals surface area contributed by atoms with Crippen molar-refractivity contribution in [2.24, 2.45) is 0 Å². The van der Waals surface area contributed by atoms with E-state index in [4.69, 9.17) is 11.6 Å². The van der Waals surface area contributed by atoms with Gasteiger partial charge in [-0.2, -0.15) is 4.31 Å². The number of rotatable bonds is 8. The van der Waals surface area contributed by atoms with Crippen molar-refractivity contribution in [2.75, 3.05) is 18.0 Å². The number of piperidine rings is 1. The molecule has 1 amide bonds. The highest BCUT2D eigenvalue weighted by atomic mass is 35.5. The number of carbonyl (C=O) groups is 1. The molecule has 0 atom stereocenters. The smallest absolute Gasteiger partial charge is 0.261 e. The molecule has 1 saturated heterocycles. The van der Waals surface area contributed by atoms with Crippen molar-refractivity contribution in [3.8, 4) is 0 Å². The van der Waals surface area contributed by atoms with Crippen LogP contribution >= 0.6 is 11.6 Å². The number of aryl methyl sites for hydroxylation is 1. The van der Waals surface area contributed by atoms with Crippen LogP contribution in [-0.2, 0) is 21.2 Å². The van der Waals surface area contributed by atoms with Crippen LogP contribution in [0, 0.1) is 0 Å². The van der Waals surface area contributed by atoms with Crippen molar-refractivity contribution >= 4 is 33.3 Å². The molecule has 1 fully saturated rings. The Morgan fingerprint density at radius 2 is 1.88 bits per heavy atom. The van der Waals surface area contributed by atoms with Crippen LogP contribution in [0.2, 0.25) is 0 Å². The van der Waals surface area contributed by atoms with Crippen molar-refractivity contribution < 1.29 is 13.2 Å². The Morgan fingerprint density at radius 3 is 2.39 bits per heavy atom. The third-order valence-electron chi connectivity index (χ3n) is 5.68. The van der Waals surface area contributed by atoms with Gasteiger partial charge in [-0.3, -0.25) is 9.69 Å². The maximum atomic E-state index is 13.4. The van der Waals surface area contributed by atoms with Gasteiger partial charge in [-0.25, -0.2) is 13.4 Å². The largest absolute Gasteiger partial charge is 0.289 e. The molecule has 0 N–H and O–H groups in total. The van der Waals surface area contributed by atoms with E-state index in [0.29, 0.717) is 31.7 Å². The zero-order valence-corrected chi connectivity index (χ0v) is 20.2. The highest BCUT2D eigenvalue weighted by Gasteiger charge is 2.35. The molecule has 8 heteroatoms. The molecule has 0 aliphatic carbocycles. The molecule has 0 saturated carbocycles. The van der Waals surface area contributed by atoms with Gasteiger partial charge < -0.3 is 0 Å². The molecule has 6 nitrogen and oxygen atoms in total. The first-order valence-corrected chi connectivity index (χ1v) is 12.6. The van der Waals surface area contributed by atoms with E-state index in [-0.39, 0.29) is 27.4 Å². The Hall–Kier alpha value is -2.74. The minimum atomic E-state index is -3.61. The summed E-state index contributed by atoms with van der Waals surface area (Å²) < 4.78 is 27.7. The van der Waals surface area contributed by atoms with E-state index < -0.39 is 10.0 Å². The van der Waals surface area contributed by atoms with Crippen LogP contribution in [0.15, 0.2) is 89.5 Å². The monoisotopic (exact) mass is 485 g/mol. The van der Waals surface area contributed by atoms with Gasteiger partial charge in [0.05, 0.1) is 10.5 Å². The molecule has 0 unspecified atom stereocenters. The standard InChI is InChI=1S/C25H28ClN3O3S/c1-4-8-23(19(3)26)25(30)29(24-9-6-7-16-27-24)21-14-17-28(18-15-21)33(31,32)22-12-10-20(5-2)11-13-22/h4,6-13,16,21H,1,3,5,14-15,17-18H2,2H3/b23-8+. The number of hydrogen-bond acceptors (Lipinski definition) is 4. The van der Waals surface area contributed by atoms with E-state index >= 15 is 0 Å². The Kier molecular flexibility index (Phi) is 8.24. The number of hydrogen-bond donors (Lipinski definition) is 0. The van der Waals surface area contributed by atoms with E-state index in [1.54, 1.807) is 41.4 Å². The zero-order chi connectivity index (χ0) is 24.0. The van der Waals surface area contributed by atoms with Crippen molar-refractivity contribution in [3.63, 3.8) is 0 Å². The van der Waals surface area contributed by atoms with Gasteiger partial charge in [0, 0.05) is 30.4 Å². The second-order valence-corrected chi connectivity index (χ2v) is 10.1. The van der Waals surface area contributed by atoms with Crippen LogP contribution in [0.1, 0.15) is 25.3 Å².